The van der Waals surface area contributed by atoms with Crippen LogP contribution in [-0.4, -0.2) is 16.6 Å². The van der Waals surface area contributed by atoms with E-state index in [4.69, 9.17) is 4.18 Å². The second-order valence-corrected chi connectivity index (χ2v) is 3.19. The fourth-order valence-corrected chi connectivity index (χ4v) is 0.850. The van der Waals surface area contributed by atoms with Crippen LogP contribution in [0.3, 0.4) is 0 Å². The maximum atomic E-state index is 10.6. The fourth-order valence-electron chi connectivity index (χ4n) is 0.380. The standard InChI is InChI=1S/C6H14O2S/c1-3-5-6-8-9(7)4-2/h3-6H2,1-2H3. The van der Waals surface area contributed by atoms with Crippen LogP contribution in [0.5, 0.6) is 0 Å². The zero-order valence-corrected chi connectivity index (χ0v) is 6.87. The molecule has 0 rings (SSSR count). The molecule has 9 heavy (non-hydrogen) atoms. The highest BCUT2D eigenvalue weighted by molar-refractivity contribution is 7.80. The highest BCUT2D eigenvalue weighted by Gasteiger charge is 1.92. The van der Waals surface area contributed by atoms with Crippen molar-refractivity contribution in [1.29, 1.82) is 0 Å². The lowest BCUT2D eigenvalue weighted by atomic mass is 10.4. The van der Waals surface area contributed by atoms with E-state index in [9.17, 15) is 4.21 Å². The van der Waals surface area contributed by atoms with Crippen molar-refractivity contribution in [3.05, 3.63) is 0 Å². The first-order valence-electron chi connectivity index (χ1n) is 3.32. The van der Waals surface area contributed by atoms with Crippen LogP contribution >= 0.6 is 0 Å². The lowest BCUT2D eigenvalue weighted by Crippen LogP contribution is -2.00. The third kappa shape index (κ3) is 5.99. The topological polar surface area (TPSA) is 26.3 Å². The van der Waals surface area contributed by atoms with Gasteiger partial charge in [-0.2, -0.15) is 0 Å². The second-order valence-electron chi connectivity index (χ2n) is 1.77. The van der Waals surface area contributed by atoms with Crippen LogP contribution in [0.15, 0.2) is 0 Å². The average Bonchev–Trinajstić information content (AvgIpc) is 1.89. The van der Waals surface area contributed by atoms with Gasteiger partial charge in [0.05, 0.1) is 6.61 Å². The van der Waals surface area contributed by atoms with E-state index < -0.39 is 11.1 Å². The van der Waals surface area contributed by atoms with Crippen LogP contribution in [0.25, 0.3) is 0 Å². The summed E-state index contributed by atoms with van der Waals surface area (Å²) >= 11 is -1.03. The van der Waals surface area contributed by atoms with Crippen LogP contribution < -0.4 is 0 Å². The summed E-state index contributed by atoms with van der Waals surface area (Å²) in [5.41, 5.74) is 0. The molecule has 0 aliphatic heterocycles. The van der Waals surface area contributed by atoms with Gasteiger partial charge < -0.3 is 0 Å². The average molecular weight is 150 g/mol. The molecule has 2 nitrogen and oxygen atoms in total. The highest BCUT2D eigenvalue weighted by Crippen LogP contribution is 1.90. The van der Waals surface area contributed by atoms with E-state index >= 15 is 0 Å². The monoisotopic (exact) mass is 150 g/mol. The molecule has 0 saturated heterocycles. The Morgan fingerprint density at radius 3 is 2.56 bits per heavy atom. The van der Waals surface area contributed by atoms with Crippen molar-refractivity contribution in [1.82, 2.24) is 0 Å². The van der Waals surface area contributed by atoms with Gasteiger partial charge in [-0.3, -0.25) is 4.18 Å². The summed E-state index contributed by atoms with van der Waals surface area (Å²) in [5.74, 6) is 0.601. The summed E-state index contributed by atoms with van der Waals surface area (Å²) in [5, 5.41) is 0. The van der Waals surface area contributed by atoms with Crippen molar-refractivity contribution in [3.63, 3.8) is 0 Å². The van der Waals surface area contributed by atoms with Crippen LogP contribution in [0.1, 0.15) is 26.7 Å². The molecule has 0 aliphatic rings. The Morgan fingerprint density at radius 1 is 1.44 bits per heavy atom. The Kier molecular flexibility index (Phi) is 6.31. The van der Waals surface area contributed by atoms with Gasteiger partial charge >= 0.3 is 0 Å². The van der Waals surface area contributed by atoms with Crippen molar-refractivity contribution in [2.24, 2.45) is 0 Å². The van der Waals surface area contributed by atoms with Gasteiger partial charge in [0.25, 0.3) is 0 Å². The molecule has 3 heteroatoms. The third-order valence-corrected chi connectivity index (χ3v) is 1.85. The molecule has 0 spiro atoms. The summed E-state index contributed by atoms with van der Waals surface area (Å²) < 4.78 is 15.5. The molecule has 0 amide bonds. The first kappa shape index (κ1) is 9.11. The molecule has 0 radical (unpaired) electrons. The first-order valence-corrected chi connectivity index (χ1v) is 4.57. The van der Waals surface area contributed by atoms with Crippen LogP contribution in [-0.2, 0) is 15.3 Å². The number of hydrogen-bond donors (Lipinski definition) is 0. The van der Waals surface area contributed by atoms with Crippen LogP contribution in [0, 0.1) is 0 Å². The summed E-state index contributed by atoms with van der Waals surface area (Å²) in [6.45, 7) is 4.57. The molecular weight excluding hydrogens is 136 g/mol. The molecule has 0 aromatic rings. The van der Waals surface area contributed by atoms with Gasteiger partial charge in [-0.1, -0.05) is 20.3 Å². The molecule has 0 bridgehead atoms. The molecule has 1 atom stereocenters. The van der Waals surface area contributed by atoms with Gasteiger partial charge in [0.1, 0.15) is 0 Å². The van der Waals surface area contributed by atoms with Gasteiger partial charge in [-0.15, -0.1) is 0 Å². The lowest BCUT2D eigenvalue weighted by molar-refractivity contribution is 0.339. The van der Waals surface area contributed by atoms with Crippen molar-refractivity contribution in [2.45, 2.75) is 26.7 Å². The minimum Gasteiger partial charge on any atom is -0.291 e. The summed E-state index contributed by atoms with van der Waals surface area (Å²) in [7, 11) is 0. The third-order valence-electron chi connectivity index (χ3n) is 0.948. The molecule has 0 aromatic carbocycles. The molecule has 0 aliphatic carbocycles. The largest absolute Gasteiger partial charge is 0.291 e. The van der Waals surface area contributed by atoms with Crippen molar-refractivity contribution in [2.75, 3.05) is 12.4 Å². The summed E-state index contributed by atoms with van der Waals surface area (Å²) in [6.07, 6.45) is 2.10. The van der Waals surface area contributed by atoms with Gasteiger partial charge in [-0.05, 0) is 6.42 Å². The van der Waals surface area contributed by atoms with Crippen molar-refractivity contribution >= 4 is 11.1 Å². The fraction of sp³-hybridized carbons (Fsp3) is 1.00. The molecule has 0 N–H and O–H groups in total. The van der Waals surface area contributed by atoms with Crippen LogP contribution in [0.4, 0.5) is 0 Å². The Morgan fingerprint density at radius 2 is 2.11 bits per heavy atom. The smallest absolute Gasteiger partial charge is 0.155 e. The molecular formula is C6H14O2S. The molecule has 1 unspecified atom stereocenters. The Balaban J connectivity index is 2.97. The second kappa shape index (κ2) is 6.23. The Labute approximate surface area is 59.3 Å². The SMILES string of the molecule is CCCCOS(=O)CC. The van der Waals surface area contributed by atoms with E-state index in [1.54, 1.807) is 0 Å². The molecule has 56 valence electrons. The van der Waals surface area contributed by atoms with E-state index in [1.165, 1.54) is 0 Å². The van der Waals surface area contributed by atoms with Gasteiger partial charge in [0.2, 0.25) is 0 Å². The minimum atomic E-state index is -1.03. The zero-order valence-electron chi connectivity index (χ0n) is 6.05. The minimum absolute atomic E-state index is 0.601. The Hall–Kier alpha value is 0.110. The maximum Gasteiger partial charge on any atom is 0.155 e. The van der Waals surface area contributed by atoms with Gasteiger partial charge in [0, 0.05) is 5.75 Å². The Bertz CT molecular complexity index is 83.1. The number of unbranched alkanes of at least 4 members (excludes halogenated alkanes) is 1. The van der Waals surface area contributed by atoms with Crippen LogP contribution in [0.2, 0.25) is 0 Å². The predicted molar refractivity (Wildman–Crippen MR) is 39.5 cm³/mol. The van der Waals surface area contributed by atoms with E-state index in [2.05, 4.69) is 6.92 Å². The lowest BCUT2D eigenvalue weighted by Gasteiger charge is -1.97. The van der Waals surface area contributed by atoms with Crippen molar-refractivity contribution in [3.8, 4) is 0 Å². The molecule has 0 fully saturated rings. The van der Waals surface area contributed by atoms with E-state index in [-0.39, 0.29) is 0 Å². The van der Waals surface area contributed by atoms with E-state index in [0.717, 1.165) is 12.8 Å². The summed E-state index contributed by atoms with van der Waals surface area (Å²) in [4.78, 5) is 0. The van der Waals surface area contributed by atoms with Crippen molar-refractivity contribution < 1.29 is 8.39 Å². The molecule has 0 saturated carbocycles. The first-order chi connectivity index (χ1) is 4.31. The maximum absolute atomic E-state index is 10.6. The molecule has 0 aromatic heterocycles. The van der Waals surface area contributed by atoms with E-state index in [1.807, 2.05) is 6.92 Å². The molecule has 0 heterocycles. The summed E-state index contributed by atoms with van der Waals surface area (Å²) in [6, 6.07) is 0. The highest BCUT2D eigenvalue weighted by atomic mass is 32.2. The van der Waals surface area contributed by atoms with E-state index in [0.29, 0.717) is 12.4 Å². The number of rotatable bonds is 5. The normalized spacial score (nSPS) is 13.6. The quantitative estimate of drug-likeness (QED) is 0.555. The van der Waals surface area contributed by atoms with Gasteiger partial charge in [-0.25, -0.2) is 4.21 Å². The number of hydrogen-bond acceptors (Lipinski definition) is 2. The zero-order chi connectivity index (χ0) is 7.11. The van der Waals surface area contributed by atoms with Gasteiger partial charge in [0.15, 0.2) is 11.1 Å². The predicted octanol–water partition coefficient (Wildman–Crippen LogP) is 1.49.